The Kier molecular flexibility index (Phi) is 5.01. The number of nitrogen functional groups attached to an aromatic ring is 1. The lowest BCUT2D eigenvalue weighted by Crippen LogP contribution is -2.25. The molecule has 98 valence electrons. The predicted molar refractivity (Wildman–Crippen MR) is 70.7 cm³/mol. The fourth-order valence-electron chi connectivity index (χ4n) is 1.35. The topological polar surface area (TPSA) is 81.4 Å². The number of anilines is 1. The maximum Gasteiger partial charge on any atom is 0.244 e. The zero-order valence-electron chi connectivity index (χ0n) is 10.4. The first kappa shape index (κ1) is 14.4. The molecule has 0 amide bonds. The molecule has 5 nitrogen and oxygen atoms in total. The molecule has 0 saturated heterocycles. The average molecular weight is 268 g/mol. The van der Waals surface area contributed by atoms with Gasteiger partial charge in [0.15, 0.2) is 0 Å². The van der Waals surface area contributed by atoms with Crippen LogP contribution in [-0.4, -0.2) is 22.1 Å². The summed E-state index contributed by atoms with van der Waals surface area (Å²) in [6.07, 6.45) is 0.459. The van der Waals surface area contributed by atoms with E-state index in [1.54, 1.807) is 13.0 Å². The molecule has 0 fully saturated rings. The molecule has 0 atom stereocenters. The van der Waals surface area contributed by atoms with Gasteiger partial charge in [0.05, 0.1) is 7.11 Å². The number of methoxy groups -OCH3 is 1. The monoisotopic (exact) mass is 268 g/mol. The van der Waals surface area contributed by atoms with Crippen LogP contribution in [-0.2, 0) is 10.0 Å². The molecule has 0 aromatic heterocycles. The minimum atomic E-state index is -3.63. The summed E-state index contributed by atoms with van der Waals surface area (Å²) in [5, 5.41) is 0. The van der Waals surface area contributed by atoms with E-state index in [4.69, 9.17) is 10.5 Å². The highest BCUT2D eigenvalue weighted by Crippen LogP contribution is 2.25. The maximum atomic E-state index is 12.0. The lowest BCUT2D eigenvalue weighted by molar-refractivity contribution is 0.402. The minimum Gasteiger partial charge on any atom is -0.495 e. The molecule has 0 spiro atoms. The van der Waals surface area contributed by atoms with Gasteiger partial charge in [-0.2, -0.15) is 0 Å². The molecule has 0 heterocycles. The van der Waals surface area contributed by atoms with Gasteiger partial charge in [-0.15, -0.1) is 11.8 Å². The Morgan fingerprint density at radius 3 is 2.78 bits per heavy atom. The molecule has 3 N–H and O–H groups in total. The highest BCUT2D eigenvalue weighted by atomic mass is 32.2. The number of rotatable bonds is 5. The SMILES string of the molecule is CC#CCCNS(=O)(=O)c1cc(N)ccc1OC. The largest absolute Gasteiger partial charge is 0.495 e. The van der Waals surface area contributed by atoms with E-state index in [-0.39, 0.29) is 17.2 Å². The second kappa shape index (κ2) is 6.28. The van der Waals surface area contributed by atoms with Crippen LogP contribution >= 0.6 is 0 Å². The quantitative estimate of drug-likeness (QED) is 0.473. The second-order valence-electron chi connectivity index (χ2n) is 3.48. The molecule has 0 aliphatic carbocycles. The first-order chi connectivity index (χ1) is 8.51. The van der Waals surface area contributed by atoms with E-state index < -0.39 is 10.0 Å². The molecule has 1 rings (SSSR count). The lowest BCUT2D eigenvalue weighted by atomic mass is 10.3. The van der Waals surface area contributed by atoms with E-state index in [0.29, 0.717) is 12.1 Å². The fraction of sp³-hybridized carbons (Fsp3) is 0.333. The van der Waals surface area contributed by atoms with E-state index in [2.05, 4.69) is 16.6 Å². The van der Waals surface area contributed by atoms with Crippen LogP contribution in [0.2, 0.25) is 0 Å². The Labute approximate surface area is 107 Å². The first-order valence-electron chi connectivity index (χ1n) is 5.34. The number of hydrogen-bond acceptors (Lipinski definition) is 4. The van der Waals surface area contributed by atoms with Gasteiger partial charge in [-0.05, 0) is 25.1 Å². The summed E-state index contributed by atoms with van der Waals surface area (Å²) >= 11 is 0. The van der Waals surface area contributed by atoms with Gasteiger partial charge in [-0.3, -0.25) is 0 Å². The van der Waals surface area contributed by atoms with Crippen molar-refractivity contribution in [2.75, 3.05) is 19.4 Å². The van der Waals surface area contributed by atoms with Crippen molar-refractivity contribution in [2.45, 2.75) is 18.2 Å². The Hall–Kier alpha value is -1.71. The molecule has 0 aliphatic heterocycles. The molecule has 0 saturated carbocycles. The minimum absolute atomic E-state index is 0.0365. The molecule has 0 bridgehead atoms. The van der Waals surface area contributed by atoms with Gasteiger partial charge in [0, 0.05) is 18.7 Å². The molecule has 0 unspecified atom stereocenters. The van der Waals surface area contributed by atoms with Crippen molar-refractivity contribution in [1.82, 2.24) is 4.72 Å². The third-order valence-corrected chi connectivity index (χ3v) is 3.68. The lowest BCUT2D eigenvalue weighted by Gasteiger charge is -2.10. The van der Waals surface area contributed by atoms with Gasteiger partial charge in [-0.1, -0.05) is 0 Å². The first-order valence-corrected chi connectivity index (χ1v) is 6.82. The van der Waals surface area contributed by atoms with E-state index in [1.165, 1.54) is 19.2 Å². The van der Waals surface area contributed by atoms with Crippen molar-refractivity contribution in [1.29, 1.82) is 0 Å². The summed E-state index contributed by atoms with van der Waals surface area (Å²) in [7, 11) is -2.22. The summed E-state index contributed by atoms with van der Waals surface area (Å²) in [6.45, 7) is 1.95. The van der Waals surface area contributed by atoms with Crippen molar-refractivity contribution in [3.63, 3.8) is 0 Å². The summed E-state index contributed by atoms with van der Waals surface area (Å²) in [5.41, 5.74) is 5.95. The Bertz CT molecular complexity index is 571. The molecule has 1 aromatic carbocycles. The molecule has 0 radical (unpaired) electrons. The summed E-state index contributed by atoms with van der Waals surface area (Å²) in [5.74, 6) is 5.74. The highest BCUT2D eigenvalue weighted by molar-refractivity contribution is 7.89. The number of sulfonamides is 1. The number of benzene rings is 1. The van der Waals surface area contributed by atoms with E-state index in [1.807, 2.05) is 0 Å². The summed E-state index contributed by atoms with van der Waals surface area (Å²) in [6, 6.07) is 4.48. The van der Waals surface area contributed by atoms with E-state index in [9.17, 15) is 8.42 Å². The van der Waals surface area contributed by atoms with Crippen LogP contribution < -0.4 is 15.2 Å². The Morgan fingerprint density at radius 1 is 1.44 bits per heavy atom. The van der Waals surface area contributed by atoms with Crippen LogP contribution in [0.15, 0.2) is 23.1 Å². The van der Waals surface area contributed by atoms with E-state index >= 15 is 0 Å². The fourth-order valence-corrected chi connectivity index (χ4v) is 2.59. The van der Waals surface area contributed by atoms with Crippen molar-refractivity contribution in [3.05, 3.63) is 18.2 Å². The van der Waals surface area contributed by atoms with Gasteiger partial charge in [0.25, 0.3) is 0 Å². The zero-order valence-corrected chi connectivity index (χ0v) is 11.2. The Morgan fingerprint density at radius 2 is 2.17 bits per heavy atom. The predicted octanol–water partition coefficient (Wildman–Crippen LogP) is 0.969. The van der Waals surface area contributed by atoms with Crippen LogP contribution in [0.5, 0.6) is 5.75 Å². The van der Waals surface area contributed by atoms with Gasteiger partial charge in [0.2, 0.25) is 10.0 Å². The summed E-state index contributed by atoms with van der Waals surface area (Å²) < 4.78 is 31.5. The normalized spacial score (nSPS) is 10.6. The smallest absolute Gasteiger partial charge is 0.244 e. The van der Waals surface area contributed by atoms with Gasteiger partial charge in [0.1, 0.15) is 10.6 Å². The highest BCUT2D eigenvalue weighted by Gasteiger charge is 2.18. The second-order valence-corrected chi connectivity index (χ2v) is 5.22. The molecular formula is C12H16N2O3S. The van der Waals surface area contributed by atoms with Crippen LogP contribution in [0.4, 0.5) is 5.69 Å². The number of nitrogens with two attached hydrogens (primary N) is 1. The maximum absolute atomic E-state index is 12.0. The third kappa shape index (κ3) is 3.65. The number of hydrogen-bond donors (Lipinski definition) is 2. The molecule has 18 heavy (non-hydrogen) atoms. The van der Waals surface area contributed by atoms with Crippen molar-refractivity contribution in [3.8, 4) is 17.6 Å². The zero-order chi connectivity index (χ0) is 13.6. The Balaban J connectivity index is 2.95. The van der Waals surface area contributed by atoms with Gasteiger partial charge < -0.3 is 10.5 Å². The van der Waals surface area contributed by atoms with Crippen LogP contribution in [0.1, 0.15) is 13.3 Å². The average Bonchev–Trinajstić information content (AvgIpc) is 2.35. The van der Waals surface area contributed by atoms with Gasteiger partial charge >= 0.3 is 0 Å². The molecule has 0 aliphatic rings. The van der Waals surface area contributed by atoms with Crippen LogP contribution in [0.25, 0.3) is 0 Å². The molecule has 1 aromatic rings. The van der Waals surface area contributed by atoms with E-state index in [0.717, 1.165) is 0 Å². The third-order valence-electron chi connectivity index (χ3n) is 2.20. The number of ether oxygens (including phenoxy) is 1. The molecular weight excluding hydrogens is 252 g/mol. The van der Waals surface area contributed by atoms with Crippen molar-refractivity contribution in [2.24, 2.45) is 0 Å². The van der Waals surface area contributed by atoms with Gasteiger partial charge in [-0.25, -0.2) is 13.1 Å². The number of nitrogens with one attached hydrogen (secondary N) is 1. The van der Waals surface area contributed by atoms with Crippen molar-refractivity contribution >= 4 is 15.7 Å². The standard InChI is InChI=1S/C12H16N2O3S/c1-3-4-5-8-14-18(15,16)12-9-10(13)6-7-11(12)17-2/h6-7,9,14H,5,8,13H2,1-2H3. The van der Waals surface area contributed by atoms with Crippen molar-refractivity contribution < 1.29 is 13.2 Å². The van der Waals surface area contributed by atoms with Crippen LogP contribution in [0, 0.1) is 11.8 Å². The van der Waals surface area contributed by atoms with Crippen LogP contribution in [0.3, 0.4) is 0 Å². The summed E-state index contributed by atoms with van der Waals surface area (Å²) in [4.78, 5) is 0.0365. The molecule has 6 heteroatoms.